The van der Waals surface area contributed by atoms with Crippen LogP contribution >= 0.6 is 0 Å². The fourth-order valence-corrected chi connectivity index (χ4v) is 18.3. The van der Waals surface area contributed by atoms with Crippen molar-refractivity contribution in [1.82, 2.24) is 0 Å². The summed E-state index contributed by atoms with van der Waals surface area (Å²) in [6, 6.07) is 0. The van der Waals surface area contributed by atoms with Gasteiger partial charge in [0, 0.05) is 38.5 Å². The standard InChI is InChI=1S/C114H218O12/c1-7-13-19-25-31-37-43-49-55-61-67-73-79-85-91-97-107(115)121-103-105(123-109(117)99-93-87-81-75-69-63-57-51-45-39-33-27-21-15-9-3)113(125-111(119)101-95-89-83-77-71-65-59-53-47-41-35-29-23-17-11-5)114(126-112(120)102-96-90-84-78-72-66-60-54-48-42-36-30-24-18-12-6)106(124-110(118)100-94-88-82-76-70-64-58-52-46-40-34-28-22-16-10-4)104-122-108(116)98-92-86-80-74-68-62-56-50-44-38-32-26-20-14-8-2/h105-106,113-114H,7-104H2,1-6H3/t105-,106+,113+,114-. The molecule has 0 fully saturated rings. The lowest BCUT2D eigenvalue weighted by atomic mass is 10.0. The fourth-order valence-electron chi connectivity index (χ4n) is 18.3. The smallest absolute Gasteiger partial charge is 0.306 e. The van der Waals surface area contributed by atoms with Gasteiger partial charge >= 0.3 is 35.8 Å². The van der Waals surface area contributed by atoms with Crippen molar-refractivity contribution in [3.63, 3.8) is 0 Å². The van der Waals surface area contributed by atoms with Crippen molar-refractivity contribution in [1.29, 1.82) is 0 Å². The lowest BCUT2D eigenvalue weighted by Crippen LogP contribution is -2.54. The summed E-state index contributed by atoms with van der Waals surface area (Å²) in [7, 11) is 0. The maximum Gasteiger partial charge on any atom is 0.306 e. The van der Waals surface area contributed by atoms with Crippen molar-refractivity contribution >= 4 is 35.8 Å². The first-order chi connectivity index (χ1) is 62.1. The van der Waals surface area contributed by atoms with Crippen LogP contribution in [0.15, 0.2) is 0 Å². The summed E-state index contributed by atoms with van der Waals surface area (Å²) < 4.78 is 38.9. The summed E-state index contributed by atoms with van der Waals surface area (Å²) in [5, 5.41) is 0. The molecule has 0 aromatic carbocycles. The van der Waals surface area contributed by atoms with Crippen molar-refractivity contribution in [3.8, 4) is 0 Å². The molecular weight excluding hydrogens is 1560 g/mol. The monoisotopic (exact) mass is 1780 g/mol. The maximum absolute atomic E-state index is 14.9. The van der Waals surface area contributed by atoms with E-state index in [1.165, 1.54) is 411 Å². The average molecular weight is 1780 g/mol. The summed E-state index contributed by atoms with van der Waals surface area (Å²) in [6.45, 7) is 12.7. The zero-order valence-electron chi connectivity index (χ0n) is 85.5. The van der Waals surface area contributed by atoms with E-state index in [0.29, 0.717) is 38.5 Å². The Balaban J connectivity index is 7.41. The van der Waals surface area contributed by atoms with Crippen molar-refractivity contribution in [2.24, 2.45) is 0 Å². The lowest BCUT2D eigenvalue weighted by molar-refractivity contribution is -0.209. The van der Waals surface area contributed by atoms with Gasteiger partial charge in [0.2, 0.25) is 0 Å². The molecule has 0 amide bonds. The second-order valence-electron chi connectivity index (χ2n) is 39.5. The highest BCUT2D eigenvalue weighted by Gasteiger charge is 2.46. The van der Waals surface area contributed by atoms with E-state index in [4.69, 9.17) is 28.4 Å². The zero-order chi connectivity index (χ0) is 91.3. The van der Waals surface area contributed by atoms with E-state index in [1.54, 1.807) is 0 Å². The second-order valence-corrected chi connectivity index (χ2v) is 39.5. The van der Waals surface area contributed by atoms with Gasteiger partial charge in [-0.25, -0.2) is 0 Å². The zero-order valence-corrected chi connectivity index (χ0v) is 85.5. The molecule has 0 N–H and O–H groups in total. The Morgan fingerprint density at radius 2 is 0.238 bits per heavy atom. The van der Waals surface area contributed by atoms with Crippen molar-refractivity contribution in [3.05, 3.63) is 0 Å². The van der Waals surface area contributed by atoms with Crippen molar-refractivity contribution in [2.45, 2.75) is 682 Å². The van der Waals surface area contributed by atoms with E-state index in [0.717, 1.165) is 128 Å². The quantitative estimate of drug-likeness (QED) is 0.0323. The number of hydrogen-bond donors (Lipinski definition) is 0. The van der Waals surface area contributed by atoms with E-state index in [9.17, 15) is 28.8 Å². The minimum atomic E-state index is -1.60. The molecule has 12 heteroatoms. The number of hydrogen-bond acceptors (Lipinski definition) is 12. The summed E-state index contributed by atoms with van der Waals surface area (Å²) in [6.07, 6.45) is 101. The van der Waals surface area contributed by atoms with Gasteiger partial charge in [-0.1, -0.05) is 581 Å². The number of unbranched alkanes of at least 4 members (excludes halogenated alkanes) is 84. The summed E-state index contributed by atoms with van der Waals surface area (Å²) >= 11 is 0. The number of carbonyl (C=O) groups excluding carboxylic acids is 6. The van der Waals surface area contributed by atoms with E-state index >= 15 is 0 Å². The molecule has 0 aromatic rings. The number of carbonyl (C=O) groups is 6. The van der Waals surface area contributed by atoms with Crippen LogP contribution in [0.4, 0.5) is 0 Å². The molecule has 0 rings (SSSR count). The van der Waals surface area contributed by atoms with Gasteiger partial charge in [0.1, 0.15) is 13.2 Å². The van der Waals surface area contributed by atoms with Crippen LogP contribution in [-0.2, 0) is 57.2 Å². The number of rotatable bonds is 107. The van der Waals surface area contributed by atoms with Crippen molar-refractivity contribution < 1.29 is 57.2 Å². The van der Waals surface area contributed by atoms with Gasteiger partial charge < -0.3 is 28.4 Å². The first-order valence-corrected chi connectivity index (χ1v) is 57.2. The van der Waals surface area contributed by atoms with Gasteiger partial charge in [-0.2, -0.15) is 0 Å². The van der Waals surface area contributed by atoms with Gasteiger partial charge in [0.25, 0.3) is 0 Å². The van der Waals surface area contributed by atoms with Crippen molar-refractivity contribution in [2.75, 3.05) is 13.2 Å². The molecule has 0 aliphatic heterocycles. The molecule has 746 valence electrons. The average Bonchev–Trinajstić information content (AvgIpc) is 0.821. The third-order valence-corrected chi connectivity index (χ3v) is 26.9. The Morgan fingerprint density at radius 1 is 0.135 bits per heavy atom. The van der Waals surface area contributed by atoms with E-state index in [1.807, 2.05) is 0 Å². The highest BCUT2D eigenvalue weighted by molar-refractivity contribution is 5.73. The molecule has 0 spiro atoms. The van der Waals surface area contributed by atoms with E-state index < -0.39 is 73.4 Å². The second kappa shape index (κ2) is 104. The first kappa shape index (κ1) is 123. The molecule has 126 heavy (non-hydrogen) atoms. The Bertz CT molecular complexity index is 2080. The Kier molecular flexibility index (Phi) is 101. The summed E-state index contributed by atoms with van der Waals surface area (Å²) in [5.74, 6) is -3.18. The molecule has 0 aromatic heterocycles. The SMILES string of the molecule is CCCCCCCCCCCCCCCCCC(=O)OC[C@H](OC(=O)CCCCCCCCCCCCCCCCC)[C@@H](OC(=O)CCCCCCCCCCCCCCCCC)[C@@H](OC(=O)CCCCCCCCCCCCCCCCC)[C@@H](COC(=O)CCCCCCCCCCCCCCCCC)OC(=O)CCCCCCCCCCCCCCCCC. The maximum atomic E-state index is 14.9. The van der Waals surface area contributed by atoms with Crippen LogP contribution in [0.25, 0.3) is 0 Å². The van der Waals surface area contributed by atoms with Crippen LogP contribution in [0.2, 0.25) is 0 Å². The Hall–Kier alpha value is -3.18. The van der Waals surface area contributed by atoms with Gasteiger partial charge in [0.05, 0.1) is 0 Å². The van der Waals surface area contributed by atoms with Gasteiger partial charge in [-0.15, -0.1) is 0 Å². The highest BCUT2D eigenvalue weighted by Crippen LogP contribution is 2.28. The largest absolute Gasteiger partial charge is 0.462 e. The van der Waals surface area contributed by atoms with Crippen LogP contribution in [0.3, 0.4) is 0 Å². The summed E-state index contributed by atoms with van der Waals surface area (Å²) in [4.78, 5) is 87.6. The van der Waals surface area contributed by atoms with Crippen LogP contribution < -0.4 is 0 Å². The number of ether oxygens (including phenoxy) is 6. The van der Waals surface area contributed by atoms with Gasteiger partial charge in [0.15, 0.2) is 24.4 Å². The first-order valence-electron chi connectivity index (χ1n) is 57.2. The molecule has 0 bridgehead atoms. The van der Waals surface area contributed by atoms with Crippen LogP contribution in [0.1, 0.15) is 658 Å². The molecule has 4 atom stereocenters. The molecular formula is C114H218O12. The Morgan fingerprint density at radius 3 is 0.365 bits per heavy atom. The van der Waals surface area contributed by atoms with Crippen LogP contribution in [0.5, 0.6) is 0 Å². The molecule has 0 saturated heterocycles. The fraction of sp³-hybridized carbons (Fsp3) is 0.947. The van der Waals surface area contributed by atoms with E-state index in [2.05, 4.69) is 41.5 Å². The lowest BCUT2D eigenvalue weighted by Gasteiger charge is -2.36. The predicted molar refractivity (Wildman–Crippen MR) is 539 cm³/mol. The minimum Gasteiger partial charge on any atom is -0.462 e. The third kappa shape index (κ3) is 92.7. The molecule has 0 saturated carbocycles. The van der Waals surface area contributed by atoms with Crippen LogP contribution in [0, 0.1) is 0 Å². The normalized spacial score (nSPS) is 12.5. The van der Waals surface area contributed by atoms with Crippen LogP contribution in [-0.4, -0.2) is 73.4 Å². The Labute approximate surface area is 784 Å². The molecule has 0 aliphatic rings. The van der Waals surface area contributed by atoms with Gasteiger partial charge in [-0.3, -0.25) is 28.8 Å². The number of esters is 6. The topological polar surface area (TPSA) is 158 Å². The molecule has 0 aliphatic carbocycles. The third-order valence-electron chi connectivity index (χ3n) is 26.9. The van der Waals surface area contributed by atoms with Gasteiger partial charge in [-0.05, 0) is 38.5 Å². The molecule has 12 nitrogen and oxygen atoms in total. The minimum absolute atomic E-state index is 0.0468. The predicted octanol–water partition coefficient (Wildman–Crippen LogP) is 37.3. The summed E-state index contributed by atoms with van der Waals surface area (Å²) in [5.41, 5.74) is 0. The molecule has 0 unspecified atom stereocenters. The molecule has 0 heterocycles. The highest BCUT2D eigenvalue weighted by atomic mass is 16.6. The molecule has 0 radical (unpaired) electrons. The van der Waals surface area contributed by atoms with E-state index in [-0.39, 0.29) is 38.5 Å².